The van der Waals surface area contributed by atoms with E-state index in [0.717, 1.165) is 46.6 Å². The van der Waals surface area contributed by atoms with Crippen molar-refractivity contribution in [2.24, 2.45) is 0 Å². The van der Waals surface area contributed by atoms with Crippen LogP contribution in [-0.2, 0) is 13.1 Å². The molecule has 0 bridgehead atoms. The highest BCUT2D eigenvalue weighted by Crippen LogP contribution is 2.41. The van der Waals surface area contributed by atoms with Gasteiger partial charge in [0.25, 0.3) is 0 Å². The molecule has 0 N–H and O–H groups in total. The molecule has 5 rings (SSSR count). The highest BCUT2D eigenvalue weighted by Gasteiger charge is 2.20. The van der Waals surface area contributed by atoms with E-state index in [-0.39, 0.29) is 0 Å². The average Bonchev–Trinajstić information content (AvgIpc) is 3.61. The smallest absolute Gasteiger partial charge is 0.162 e. The summed E-state index contributed by atoms with van der Waals surface area (Å²) in [6.45, 7) is 5.61. The van der Waals surface area contributed by atoms with Crippen molar-refractivity contribution in [2.75, 3.05) is 14.2 Å². The molecule has 1 aromatic carbocycles. The van der Waals surface area contributed by atoms with Crippen LogP contribution in [0.25, 0.3) is 39.2 Å². The summed E-state index contributed by atoms with van der Waals surface area (Å²) >= 11 is 0. The monoisotopic (exact) mass is 444 g/mol. The Kier molecular flexibility index (Phi) is 5.25. The van der Waals surface area contributed by atoms with E-state index in [1.54, 1.807) is 29.6 Å². The van der Waals surface area contributed by atoms with Gasteiger partial charge in [-0.3, -0.25) is 9.36 Å². The third kappa shape index (κ3) is 3.59. The number of methoxy groups -OCH3 is 2. The molecule has 0 aliphatic heterocycles. The van der Waals surface area contributed by atoms with Crippen LogP contribution in [0.2, 0.25) is 0 Å². The van der Waals surface area contributed by atoms with Gasteiger partial charge in [-0.25, -0.2) is 9.50 Å². The maximum atomic E-state index is 5.71. The van der Waals surface area contributed by atoms with Crippen LogP contribution in [0.5, 0.6) is 11.5 Å². The largest absolute Gasteiger partial charge is 0.496 e. The van der Waals surface area contributed by atoms with Gasteiger partial charge >= 0.3 is 0 Å². The molecule has 0 amide bonds. The average molecular weight is 444 g/mol. The number of nitrogens with zero attached hydrogens (tertiary/aromatic N) is 8. The van der Waals surface area contributed by atoms with Gasteiger partial charge in [0.1, 0.15) is 17.2 Å². The molecule has 4 heterocycles. The number of fused-ring (bicyclic) bond motifs is 1. The fourth-order valence-electron chi connectivity index (χ4n) is 3.80. The molecule has 10 nitrogen and oxygen atoms in total. The summed E-state index contributed by atoms with van der Waals surface area (Å²) in [5.74, 6) is 1.27. The zero-order valence-electron chi connectivity index (χ0n) is 18.9. The SMILES string of the molecule is CCn1cc(-c2cnc3c(-c4cc(OC)c(-c5cn(CC)nn5)c(OC)c4)cnn3c2)cn1. The Morgan fingerprint density at radius 3 is 2.15 bits per heavy atom. The van der Waals surface area contributed by atoms with Crippen LogP contribution in [0, 0.1) is 0 Å². The molecule has 10 heteroatoms. The summed E-state index contributed by atoms with van der Waals surface area (Å²) in [4.78, 5) is 4.69. The minimum Gasteiger partial charge on any atom is -0.496 e. The summed E-state index contributed by atoms with van der Waals surface area (Å²) in [6.07, 6.45) is 11.3. The molecule has 0 aliphatic carbocycles. The second kappa shape index (κ2) is 8.38. The van der Waals surface area contributed by atoms with E-state index in [0.29, 0.717) is 17.2 Å². The summed E-state index contributed by atoms with van der Waals surface area (Å²) in [6, 6.07) is 3.89. The predicted molar refractivity (Wildman–Crippen MR) is 123 cm³/mol. The van der Waals surface area contributed by atoms with E-state index < -0.39 is 0 Å². The number of aryl methyl sites for hydroxylation is 2. The number of hydrogen-bond donors (Lipinski definition) is 0. The Labute approximate surface area is 190 Å². The predicted octanol–water partition coefficient (Wildman–Crippen LogP) is 3.58. The van der Waals surface area contributed by atoms with E-state index in [4.69, 9.17) is 14.5 Å². The van der Waals surface area contributed by atoms with Crippen molar-refractivity contribution in [1.29, 1.82) is 0 Å². The molecule has 0 fully saturated rings. The first kappa shape index (κ1) is 20.7. The van der Waals surface area contributed by atoms with Gasteiger partial charge in [-0.05, 0) is 31.5 Å². The third-order valence-electron chi connectivity index (χ3n) is 5.58. The Hall–Kier alpha value is -4.21. The first-order chi connectivity index (χ1) is 16.1. The highest BCUT2D eigenvalue weighted by atomic mass is 16.5. The Morgan fingerprint density at radius 1 is 0.788 bits per heavy atom. The van der Waals surface area contributed by atoms with Crippen molar-refractivity contribution in [3.63, 3.8) is 0 Å². The number of benzene rings is 1. The van der Waals surface area contributed by atoms with Crippen LogP contribution in [-0.4, -0.2) is 53.6 Å². The van der Waals surface area contributed by atoms with E-state index in [9.17, 15) is 0 Å². The van der Waals surface area contributed by atoms with Crippen molar-refractivity contribution in [3.05, 3.63) is 49.3 Å². The van der Waals surface area contributed by atoms with E-state index in [1.165, 1.54) is 0 Å². The first-order valence-corrected chi connectivity index (χ1v) is 10.7. The third-order valence-corrected chi connectivity index (χ3v) is 5.58. The molecule has 168 valence electrons. The topological polar surface area (TPSA) is 97.2 Å². The van der Waals surface area contributed by atoms with Crippen LogP contribution in [0.15, 0.2) is 49.3 Å². The molecule has 0 aliphatic rings. The number of rotatable bonds is 7. The molecule has 0 atom stereocenters. The fourth-order valence-corrected chi connectivity index (χ4v) is 3.80. The Bertz CT molecular complexity index is 1410. The van der Waals surface area contributed by atoms with Gasteiger partial charge in [0.2, 0.25) is 0 Å². The quantitative estimate of drug-likeness (QED) is 0.378. The van der Waals surface area contributed by atoms with E-state index in [1.807, 2.05) is 54.7 Å². The lowest BCUT2D eigenvalue weighted by Gasteiger charge is -2.13. The van der Waals surface area contributed by atoms with Crippen molar-refractivity contribution in [3.8, 4) is 45.0 Å². The van der Waals surface area contributed by atoms with Crippen LogP contribution < -0.4 is 9.47 Å². The standard InChI is InChI=1S/C23H24N8O2/c1-5-29-12-17(10-25-29)16-9-24-23-18(11-26-31(23)13-16)15-7-20(32-3)22(21(8-15)33-4)19-14-30(6-2)28-27-19/h7-14H,5-6H2,1-4H3. The minimum atomic E-state index is 0.635. The van der Waals surface area contributed by atoms with Crippen molar-refractivity contribution in [2.45, 2.75) is 26.9 Å². The lowest BCUT2D eigenvalue weighted by molar-refractivity contribution is 0.397. The Morgan fingerprint density at radius 2 is 1.52 bits per heavy atom. The van der Waals surface area contributed by atoms with Crippen LogP contribution >= 0.6 is 0 Å². The fraction of sp³-hybridized carbons (Fsp3) is 0.261. The second-order valence-electron chi connectivity index (χ2n) is 7.47. The summed E-state index contributed by atoms with van der Waals surface area (Å²) in [5, 5.41) is 17.3. The maximum Gasteiger partial charge on any atom is 0.162 e. The molecule has 0 spiro atoms. The molecule has 0 radical (unpaired) electrons. The van der Waals surface area contributed by atoms with E-state index in [2.05, 4.69) is 27.4 Å². The molecular weight excluding hydrogens is 420 g/mol. The summed E-state index contributed by atoms with van der Waals surface area (Å²) in [5.41, 5.74) is 5.86. The van der Waals surface area contributed by atoms with Crippen molar-refractivity contribution < 1.29 is 9.47 Å². The van der Waals surface area contributed by atoms with Gasteiger partial charge in [-0.15, -0.1) is 5.10 Å². The van der Waals surface area contributed by atoms with Crippen molar-refractivity contribution in [1.82, 2.24) is 39.4 Å². The van der Waals surface area contributed by atoms with Gasteiger partial charge in [-0.1, -0.05) is 5.21 Å². The zero-order chi connectivity index (χ0) is 22.9. The summed E-state index contributed by atoms with van der Waals surface area (Å²) in [7, 11) is 3.26. The van der Waals surface area contributed by atoms with Gasteiger partial charge in [0.15, 0.2) is 5.65 Å². The maximum absolute atomic E-state index is 5.71. The Balaban J connectivity index is 1.59. The van der Waals surface area contributed by atoms with Gasteiger partial charge in [-0.2, -0.15) is 10.2 Å². The molecule has 4 aromatic heterocycles. The lowest BCUT2D eigenvalue weighted by atomic mass is 10.0. The van der Waals surface area contributed by atoms with Crippen LogP contribution in [0.4, 0.5) is 0 Å². The van der Waals surface area contributed by atoms with Crippen LogP contribution in [0.1, 0.15) is 13.8 Å². The molecule has 5 aromatic rings. The molecule has 33 heavy (non-hydrogen) atoms. The van der Waals surface area contributed by atoms with Gasteiger partial charge in [0.05, 0.1) is 38.4 Å². The van der Waals surface area contributed by atoms with Crippen LogP contribution in [0.3, 0.4) is 0 Å². The van der Waals surface area contributed by atoms with Gasteiger partial charge in [0, 0.05) is 48.4 Å². The number of hydrogen-bond acceptors (Lipinski definition) is 7. The number of ether oxygens (including phenoxy) is 2. The molecule has 0 unspecified atom stereocenters. The highest BCUT2D eigenvalue weighted by molar-refractivity contribution is 5.84. The molecule has 0 saturated carbocycles. The second-order valence-corrected chi connectivity index (χ2v) is 7.47. The molecule has 0 saturated heterocycles. The zero-order valence-corrected chi connectivity index (χ0v) is 18.9. The summed E-state index contributed by atoms with van der Waals surface area (Å²) < 4.78 is 16.8. The van der Waals surface area contributed by atoms with Gasteiger partial charge < -0.3 is 9.47 Å². The minimum absolute atomic E-state index is 0.635. The molecular formula is C23H24N8O2. The number of aromatic nitrogens is 8. The first-order valence-electron chi connectivity index (χ1n) is 10.7. The van der Waals surface area contributed by atoms with Crippen molar-refractivity contribution >= 4 is 5.65 Å². The normalized spacial score (nSPS) is 11.3. The van der Waals surface area contributed by atoms with E-state index >= 15 is 0 Å². The lowest BCUT2D eigenvalue weighted by Crippen LogP contribution is -1.96.